The van der Waals surface area contributed by atoms with Gasteiger partial charge in [-0.15, -0.1) is 0 Å². The van der Waals surface area contributed by atoms with Crippen molar-refractivity contribution in [3.05, 3.63) is 28.0 Å². The number of phenolic OH excluding ortho intramolecular Hbond substituents is 1. The maximum absolute atomic E-state index is 13.2. The van der Waals surface area contributed by atoms with Crippen LogP contribution in [0.15, 0.2) is 16.6 Å². The van der Waals surface area contributed by atoms with Gasteiger partial charge in [-0.05, 0) is 12.1 Å². The normalized spacial score (nSPS) is 13.9. The predicted molar refractivity (Wildman–Crippen MR) is 63.6 cm³/mol. The molecule has 3 nitrogen and oxygen atoms in total. The molecule has 0 aliphatic carbocycles. The summed E-state index contributed by atoms with van der Waals surface area (Å²) in [6.45, 7) is 3.33. The number of hydrogen-bond donors (Lipinski definition) is 3. The summed E-state index contributed by atoms with van der Waals surface area (Å²) in [5, 5.41) is 18.8. The Morgan fingerprint density at radius 2 is 2.06 bits per heavy atom. The number of hydrogen-bond acceptors (Lipinski definition) is 3. The number of halogens is 2. The van der Waals surface area contributed by atoms with Crippen LogP contribution in [-0.4, -0.2) is 16.8 Å². The second kappa shape index (κ2) is 4.69. The van der Waals surface area contributed by atoms with E-state index in [2.05, 4.69) is 15.9 Å². The SMILES string of the molecule is CC(C)(CO)[C@@H](N)c1c(Br)ccc(F)c1O. The molecule has 5 heteroatoms. The lowest BCUT2D eigenvalue weighted by molar-refractivity contribution is 0.130. The fourth-order valence-electron chi connectivity index (χ4n) is 1.34. The van der Waals surface area contributed by atoms with E-state index in [1.165, 1.54) is 6.07 Å². The summed E-state index contributed by atoms with van der Waals surface area (Å²) in [7, 11) is 0. The van der Waals surface area contributed by atoms with Crippen LogP contribution in [-0.2, 0) is 0 Å². The van der Waals surface area contributed by atoms with Crippen molar-refractivity contribution >= 4 is 15.9 Å². The first-order valence-electron chi connectivity index (χ1n) is 4.84. The third-order valence-electron chi connectivity index (χ3n) is 2.68. The Labute approximate surface area is 102 Å². The van der Waals surface area contributed by atoms with E-state index in [9.17, 15) is 14.6 Å². The Morgan fingerprint density at radius 3 is 2.56 bits per heavy atom. The molecule has 0 unspecified atom stereocenters. The first kappa shape index (κ1) is 13.4. The van der Waals surface area contributed by atoms with Gasteiger partial charge in [-0.1, -0.05) is 29.8 Å². The lowest BCUT2D eigenvalue weighted by Crippen LogP contribution is -2.32. The predicted octanol–water partition coefficient (Wildman–Crippen LogP) is 2.31. The molecule has 1 aromatic carbocycles. The van der Waals surface area contributed by atoms with Gasteiger partial charge >= 0.3 is 0 Å². The Morgan fingerprint density at radius 1 is 1.50 bits per heavy atom. The Kier molecular flexibility index (Phi) is 3.93. The summed E-state index contributed by atoms with van der Waals surface area (Å²) in [4.78, 5) is 0. The van der Waals surface area contributed by atoms with Crippen molar-refractivity contribution in [1.29, 1.82) is 0 Å². The van der Waals surface area contributed by atoms with E-state index in [0.717, 1.165) is 6.07 Å². The van der Waals surface area contributed by atoms with Gasteiger partial charge < -0.3 is 15.9 Å². The summed E-state index contributed by atoms with van der Waals surface area (Å²) in [5.41, 5.74) is 5.57. The molecule has 0 heterocycles. The third kappa shape index (κ3) is 2.36. The van der Waals surface area contributed by atoms with Gasteiger partial charge in [-0.25, -0.2) is 4.39 Å². The standard InChI is InChI=1S/C11H15BrFNO2/c1-11(2,5-15)10(14)8-6(12)3-4-7(13)9(8)16/h3-4,10,15-16H,5,14H2,1-2H3/t10-/m0/s1. The van der Waals surface area contributed by atoms with Crippen molar-refractivity contribution in [2.45, 2.75) is 19.9 Å². The maximum atomic E-state index is 13.2. The van der Waals surface area contributed by atoms with Crippen LogP contribution in [0.3, 0.4) is 0 Å². The summed E-state index contributed by atoms with van der Waals surface area (Å²) in [6, 6.07) is 1.97. The molecule has 0 fully saturated rings. The third-order valence-corrected chi connectivity index (χ3v) is 3.37. The summed E-state index contributed by atoms with van der Waals surface area (Å²) >= 11 is 3.22. The molecule has 1 atom stereocenters. The first-order valence-corrected chi connectivity index (χ1v) is 5.64. The summed E-state index contributed by atoms with van der Waals surface area (Å²) in [6.07, 6.45) is 0. The van der Waals surface area contributed by atoms with Crippen LogP contribution >= 0.6 is 15.9 Å². The van der Waals surface area contributed by atoms with Gasteiger partial charge in [0.25, 0.3) is 0 Å². The second-order valence-corrected chi connectivity index (χ2v) is 5.27. The molecule has 16 heavy (non-hydrogen) atoms. The Balaban J connectivity index is 3.28. The molecule has 0 aliphatic heterocycles. The minimum Gasteiger partial charge on any atom is -0.505 e. The summed E-state index contributed by atoms with van der Waals surface area (Å²) in [5.74, 6) is -1.19. The van der Waals surface area contributed by atoms with Crippen molar-refractivity contribution in [2.24, 2.45) is 11.1 Å². The van der Waals surface area contributed by atoms with Crippen LogP contribution < -0.4 is 5.73 Å². The van der Waals surface area contributed by atoms with E-state index in [0.29, 0.717) is 4.47 Å². The van der Waals surface area contributed by atoms with Crippen LogP contribution in [0.4, 0.5) is 4.39 Å². The number of aromatic hydroxyl groups is 1. The van der Waals surface area contributed by atoms with Gasteiger partial charge in [0.2, 0.25) is 0 Å². The molecule has 0 aromatic heterocycles. The minimum atomic E-state index is -0.720. The number of aliphatic hydroxyl groups excluding tert-OH is 1. The molecular formula is C11H15BrFNO2. The van der Waals surface area contributed by atoms with Crippen molar-refractivity contribution in [2.75, 3.05) is 6.61 Å². The molecule has 0 saturated carbocycles. The molecular weight excluding hydrogens is 277 g/mol. The highest BCUT2D eigenvalue weighted by Crippen LogP contribution is 2.40. The van der Waals surface area contributed by atoms with Crippen molar-refractivity contribution in [3.63, 3.8) is 0 Å². The zero-order valence-electron chi connectivity index (χ0n) is 9.17. The van der Waals surface area contributed by atoms with Crippen molar-refractivity contribution < 1.29 is 14.6 Å². The molecule has 1 rings (SSSR count). The number of phenols is 1. The highest BCUT2D eigenvalue weighted by molar-refractivity contribution is 9.10. The lowest BCUT2D eigenvalue weighted by Gasteiger charge is -2.30. The molecule has 0 amide bonds. The van der Waals surface area contributed by atoms with E-state index in [1.54, 1.807) is 13.8 Å². The van der Waals surface area contributed by atoms with Gasteiger partial charge in [0.1, 0.15) is 0 Å². The van der Waals surface area contributed by atoms with Crippen LogP contribution in [0, 0.1) is 11.2 Å². The second-order valence-electron chi connectivity index (χ2n) is 4.42. The Bertz CT molecular complexity index is 396. The number of nitrogens with two attached hydrogens (primary N) is 1. The number of benzene rings is 1. The minimum absolute atomic E-state index is 0.156. The monoisotopic (exact) mass is 291 g/mol. The van der Waals surface area contributed by atoms with E-state index in [1.807, 2.05) is 0 Å². The smallest absolute Gasteiger partial charge is 0.165 e. The number of aliphatic hydroxyl groups is 1. The average molecular weight is 292 g/mol. The average Bonchev–Trinajstić information content (AvgIpc) is 2.24. The molecule has 0 bridgehead atoms. The topological polar surface area (TPSA) is 66.5 Å². The highest BCUT2D eigenvalue weighted by Gasteiger charge is 2.31. The Hall–Kier alpha value is -0.650. The van der Waals surface area contributed by atoms with Gasteiger partial charge in [-0.3, -0.25) is 0 Å². The van der Waals surface area contributed by atoms with Gasteiger partial charge in [-0.2, -0.15) is 0 Å². The van der Waals surface area contributed by atoms with E-state index in [4.69, 9.17) is 5.73 Å². The highest BCUT2D eigenvalue weighted by atomic mass is 79.9. The van der Waals surface area contributed by atoms with E-state index < -0.39 is 23.0 Å². The molecule has 0 radical (unpaired) electrons. The summed E-state index contributed by atoms with van der Waals surface area (Å²) < 4.78 is 13.8. The van der Waals surface area contributed by atoms with Crippen LogP contribution in [0.2, 0.25) is 0 Å². The van der Waals surface area contributed by atoms with Crippen molar-refractivity contribution in [1.82, 2.24) is 0 Å². The van der Waals surface area contributed by atoms with Gasteiger partial charge in [0.15, 0.2) is 11.6 Å². The van der Waals surface area contributed by atoms with Crippen LogP contribution in [0.1, 0.15) is 25.5 Å². The van der Waals surface area contributed by atoms with Crippen molar-refractivity contribution in [3.8, 4) is 5.75 Å². The molecule has 0 saturated heterocycles. The quantitative estimate of drug-likeness (QED) is 0.801. The molecule has 4 N–H and O–H groups in total. The van der Waals surface area contributed by atoms with Gasteiger partial charge in [0.05, 0.1) is 0 Å². The number of rotatable bonds is 3. The van der Waals surface area contributed by atoms with Gasteiger partial charge in [0, 0.05) is 28.1 Å². The van der Waals surface area contributed by atoms with E-state index >= 15 is 0 Å². The van der Waals surface area contributed by atoms with Crippen LogP contribution in [0.5, 0.6) is 5.75 Å². The lowest BCUT2D eigenvalue weighted by atomic mass is 9.81. The zero-order chi connectivity index (χ0) is 12.5. The fraction of sp³-hybridized carbons (Fsp3) is 0.455. The molecule has 0 aliphatic rings. The molecule has 0 spiro atoms. The van der Waals surface area contributed by atoms with E-state index in [-0.39, 0.29) is 12.2 Å². The van der Waals surface area contributed by atoms with Crippen LogP contribution in [0.25, 0.3) is 0 Å². The largest absolute Gasteiger partial charge is 0.505 e. The zero-order valence-corrected chi connectivity index (χ0v) is 10.8. The first-order chi connectivity index (χ1) is 7.31. The molecule has 90 valence electrons. The maximum Gasteiger partial charge on any atom is 0.165 e. The fourth-order valence-corrected chi connectivity index (χ4v) is 1.91. The molecule has 1 aromatic rings.